The van der Waals surface area contributed by atoms with E-state index in [-0.39, 0.29) is 37.0 Å². The van der Waals surface area contributed by atoms with Gasteiger partial charge in [-0.05, 0) is 20.8 Å². The number of ketones is 3. The van der Waals surface area contributed by atoms with E-state index in [1.807, 2.05) is 0 Å². The number of aliphatic hydroxyl groups excluding tert-OH is 5. The first-order valence-electron chi connectivity index (χ1n) is 7.29. The number of hydrogen-bond donors (Lipinski definition) is 8. The van der Waals surface area contributed by atoms with Crippen LogP contribution in [-0.2, 0) is 14.4 Å². The summed E-state index contributed by atoms with van der Waals surface area (Å²) >= 11 is 0. The summed E-state index contributed by atoms with van der Waals surface area (Å²) in [4.78, 5) is 29.1. The number of carbonyl (C=O) groups excluding carboxylic acids is 3. The second-order valence-corrected chi connectivity index (χ2v) is 4.71. The lowest BCUT2D eigenvalue weighted by Crippen LogP contribution is -2.41. The zero-order chi connectivity index (χ0) is 21.0. The molecule has 0 aliphatic carbocycles. The summed E-state index contributed by atoms with van der Waals surface area (Å²) < 4.78 is 0. The van der Waals surface area contributed by atoms with Gasteiger partial charge < -0.3 is 42.7 Å². The minimum atomic E-state index is -1.49. The van der Waals surface area contributed by atoms with Crippen molar-refractivity contribution in [2.75, 3.05) is 32.8 Å². The molecule has 0 bridgehead atoms. The summed E-state index contributed by atoms with van der Waals surface area (Å²) in [7, 11) is 0. The summed E-state index contributed by atoms with van der Waals surface area (Å²) in [5.74, 6) is 0.0972. The number of aliphatic hydroxyl groups is 5. The van der Waals surface area contributed by atoms with E-state index in [9.17, 15) is 14.4 Å². The lowest BCUT2D eigenvalue weighted by molar-refractivity contribution is -0.116. The first-order valence-corrected chi connectivity index (χ1v) is 7.29. The number of carbonyl (C=O) groups is 3. The van der Waals surface area contributed by atoms with Crippen LogP contribution in [0.2, 0.25) is 0 Å². The summed E-state index contributed by atoms with van der Waals surface area (Å²) in [5.41, 5.74) is 14.5. The maximum Gasteiger partial charge on any atom is 0.143 e. The quantitative estimate of drug-likeness (QED) is 0.213. The third-order valence-corrected chi connectivity index (χ3v) is 2.02. The average Bonchev–Trinajstić information content (AvgIpc) is 2.60. The van der Waals surface area contributed by atoms with Crippen molar-refractivity contribution < 1.29 is 39.9 Å². The fourth-order valence-electron chi connectivity index (χ4n) is 0.472. The number of Topliss-reactive ketones (excluding diaryl/α,β-unsaturated/α-hetero) is 3. The Kier molecular flexibility index (Phi) is 28.6. The molecule has 0 radical (unpaired) electrons. The second kappa shape index (κ2) is 22.7. The molecule has 0 saturated heterocycles. The molecule has 11 nitrogen and oxygen atoms in total. The van der Waals surface area contributed by atoms with Crippen LogP contribution < -0.4 is 17.2 Å². The third-order valence-electron chi connectivity index (χ3n) is 2.02. The molecule has 0 rings (SSSR count). The van der Waals surface area contributed by atoms with E-state index in [1.165, 1.54) is 20.8 Å². The molecule has 0 saturated carbocycles. The van der Waals surface area contributed by atoms with E-state index < -0.39 is 31.5 Å². The summed E-state index contributed by atoms with van der Waals surface area (Å²) in [6, 6.07) is 0. The predicted octanol–water partition coefficient (Wildman–Crippen LogP) is -4.34. The first-order chi connectivity index (χ1) is 11.4. The Bertz CT molecular complexity index is 299. The molecular weight excluding hydrogens is 338 g/mol. The van der Waals surface area contributed by atoms with Crippen LogP contribution in [0.1, 0.15) is 20.8 Å². The Morgan fingerprint density at radius 3 is 0.920 bits per heavy atom. The minimum absolute atomic E-state index is 0.0324. The van der Waals surface area contributed by atoms with Gasteiger partial charge in [0, 0.05) is 0 Å². The van der Waals surface area contributed by atoms with Crippen LogP contribution >= 0.6 is 0 Å². The lowest BCUT2D eigenvalue weighted by atomic mass is 10.1. The standard InChI is InChI=1S/C5H12O5.3C3H7NO/c6-1-3(8)5(10)4(9)2-7;3*1-3(5)2-4/h3-10H,1-2H2;3*2,4H2,1H3/t3-,4+,5+;;;. The third kappa shape index (κ3) is 34.9. The van der Waals surface area contributed by atoms with Gasteiger partial charge in [0.15, 0.2) is 0 Å². The molecule has 0 heterocycles. The molecule has 0 unspecified atom stereocenters. The van der Waals surface area contributed by atoms with E-state index >= 15 is 0 Å². The summed E-state index contributed by atoms with van der Waals surface area (Å²) in [5, 5.41) is 42.6. The van der Waals surface area contributed by atoms with E-state index in [4.69, 9.17) is 42.7 Å². The van der Waals surface area contributed by atoms with Gasteiger partial charge in [-0.2, -0.15) is 0 Å². The highest BCUT2D eigenvalue weighted by Crippen LogP contribution is 1.97. The SMILES string of the molecule is CC(=O)CN.CC(=O)CN.CC(=O)CN.OC[C@@H](O)[C@H](O)[C@@H](O)CO. The van der Waals surface area contributed by atoms with E-state index in [1.54, 1.807) is 0 Å². The Hall–Kier alpha value is -1.31. The number of rotatable bonds is 7. The minimum Gasteiger partial charge on any atom is -0.394 e. The highest BCUT2D eigenvalue weighted by Gasteiger charge is 2.22. The van der Waals surface area contributed by atoms with Gasteiger partial charge in [0.2, 0.25) is 0 Å². The van der Waals surface area contributed by atoms with Crippen LogP contribution in [0.15, 0.2) is 0 Å². The normalized spacial score (nSPS) is 12.6. The van der Waals surface area contributed by atoms with Crippen molar-refractivity contribution in [1.29, 1.82) is 0 Å². The van der Waals surface area contributed by atoms with Gasteiger partial charge in [-0.3, -0.25) is 14.4 Å². The molecular formula is C14H33N3O8. The van der Waals surface area contributed by atoms with Crippen LogP contribution in [0, 0.1) is 0 Å². The molecule has 0 aromatic heterocycles. The monoisotopic (exact) mass is 371 g/mol. The molecule has 11 heteroatoms. The van der Waals surface area contributed by atoms with Crippen molar-refractivity contribution in [3.8, 4) is 0 Å². The van der Waals surface area contributed by atoms with Crippen LogP contribution in [0.3, 0.4) is 0 Å². The molecule has 0 aliphatic rings. The number of nitrogens with two attached hydrogens (primary N) is 3. The number of hydrogen-bond acceptors (Lipinski definition) is 11. The molecule has 0 aromatic rings. The van der Waals surface area contributed by atoms with Gasteiger partial charge >= 0.3 is 0 Å². The zero-order valence-corrected chi connectivity index (χ0v) is 15.0. The Morgan fingerprint density at radius 1 is 0.680 bits per heavy atom. The van der Waals surface area contributed by atoms with Crippen LogP contribution in [0.5, 0.6) is 0 Å². The lowest BCUT2D eigenvalue weighted by Gasteiger charge is -2.19. The molecule has 0 aromatic carbocycles. The predicted molar refractivity (Wildman–Crippen MR) is 91.4 cm³/mol. The Morgan fingerprint density at radius 2 is 0.840 bits per heavy atom. The van der Waals surface area contributed by atoms with E-state index in [2.05, 4.69) is 0 Å². The van der Waals surface area contributed by atoms with Crippen molar-refractivity contribution in [3.63, 3.8) is 0 Å². The summed E-state index contributed by atoms with van der Waals surface area (Å²) in [6.45, 7) is 3.59. The average molecular weight is 371 g/mol. The molecule has 11 N–H and O–H groups in total. The maximum absolute atomic E-state index is 9.69. The highest BCUT2D eigenvalue weighted by atomic mass is 16.4. The highest BCUT2D eigenvalue weighted by molar-refractivity contribution is 5.77. The largest absolute Gasteiger partial charge is 0.394 e. The first kappa shape index (κ1) is 31.5. The molecule has 0 spiro atoms. The molecule has 25 heavy (non-hydrogen) atoms. The van der Waals surface area contributed by atoms with Gasteiger partial charge in [0.1, 0.15) is 35.7 Å². The van der Waals surface area contributed by atoms with Crippen LogP contribution in [0.4, 0.5) is 0 Å². The van der Waals surface area contributed by atoms with Crippen molar-refractivity contribution in [3.05, 3.63) is 0 Å². The zero-order valence-electron chi connectivity index (χ0n) is 15.0. The fraction of sp³-hybridized carbons (Fsp3) is 0.786. The van der Waals surface area contributed by atoms with Crippen molar-refractivity contribution >= 4 is 17.3 Å². The van der Waals surface area contributed by atoms with Crippen molar-refractivity contribution in [2.45, 2.75) is 39.1 Å². The maximum atomic E-state index is 9.69. The van der Waals surface area contributed by atoms with Gasteiger partial charge in [-0.25, -0.2) is 0 Å². The molecule has 0 amide bonds. The van der Waals surface area contributed by atoms with Crippen LogP contribution in [-0.4, -0.2) is 94.0 Å². The smallest absolute Gasteiger partial charge is 0.143 e. The molecule has 0 fully saturated rings. The van der Waals surface area contributed by atoms with Gasteiger partial charge in [0.05, 0.1) is 32.8 Å². The second-order valence-electron chi connectivity index (χ2n) is 4.71. The molecule has 152 valence electrons. The topological polar surface area (TPSA) is 230 Å². The fourth-order valence-corrected chi connectivity index (χ4v) is 0.472. The molecule has 3 atom stereocenters. The summed E-state index contributed by atoms with van der Waals surface area (Å²) in [6.07, 6.45) is -4.29. The van der Waals surface area contributed by atoms with Crippen molar-refractivity contribution in [2.24, 2.45) is 17.2 Å². The van der Waals surface area contributed by atoms with Gasteiger partial charge in [-0.1, -0.05) is 0 Å². The van der Waals surface area contributed by atoms with Gasteiger partial charge in [-0.15, -0.1) is 0 Å². The Balaban J connectivity index is -0.000000126. The van der Waals surface area contributed by atoms with Gasteiger partial charge in [0.25, 0.3) is 0 Å². The molecule has 0 aliphatic heterocycles. The van der Waals surface area contributed by atoms with Crippen LogP contribution in [0.25, 0.3) is 0 Å². The van der Waals surface area contributed by atoms with E-state index in [0.717, 1.165) is 0 Å². The Labute approximate surface area is 147 Å². The van der Waals surface area contributed by atoms with Crippen molar-refractivity contribution in [1.82, 2.24) is 0 Å². The van der Waals surface area contributed by atoms with E-state index in [0.29, 0.717) is 0 Å².